The predicted molar refractivity (Wildman–Crippen MR) is 60.7 cm³/mol. The Morgan fingerprint density at radius 1 is 1.40 bits per heavy atom. The largest absolute Gasteiger partial charge is 0.392 e. The summed E-state index contributed by atoms with van der Waals surface area (Å²) in [5, 5.41) is 14.9. The summed E-state index contributed by atoms with van der Waals surface area (Å²) in [7, 11) is 1.92. The first-order chi connectivity index (χ1) is 7.15. The van der Waals surface area contributed by atoms with Gasteiger partial charge in [-0.15, -0.1) is 0 Å². The van der Waals surface area contributed by atoms with E-state index in [0.717, 1.165) is 22.2 Å². The van der Waals surface area contributed by atoms with Gasteiger partial charge in [0.25, 0.3) is 0 Å². The van der Waals surface area contributed by atoms with Gasteiger partial charge in [-0.25, -0.2) is 0 Å². The molecule has 0 fully saturated rings. The van der Waals surface area contributed by atoms with Crippen LogP contribution in [0.25, 0.3) is 10.9 Å². The van der Waals surface area contributed by atoms with Crippen molar-refractivity contribution in [1.82, 2.24) is 9.78 Å². The van der Waals surface area contributed by atoms with Gasteiger partial charge in [0, 0.05) is 18.0 Å². The van der Waals surface area contributed by atoms with E-state index in [1.165, 1.54) is 0 Å². The average Bonchev–Trinajstić information content (AvgIpc) is 2.56. The van der Waals surface area contributed by atoms with Gasteiger partial charge in [-0.05, 0) is 5.92 Å². The van der Waals surface area contributed by atoms with Crippen LogP contribution in [-0.4, -0.2) is 14.9 Å². The van der Waals surface area contributed by atoms with Crippen LogP contribution in [0.1, 0.15) is 31.0 Å². The molecule has 0 spiro atoms. The SMILES string of the molecule is CC(C)c1nn(C)c2c(CO)cccc12. The van der Waals surface area contributed by atoms with Crippen LogP contribution in [-0.2, 0) is 13.7 Å². The third kappa shape index (κ3) is 1.53. The molecule has 3 nitrogen and oxygen atoms in total. The van der Waals surface area contributed by atoms with Crippen LogP contribution in [0.15, 0.2) is 18.2 Å². The van der Waals surface area contributed by atoms with E-state index in [-0.39, 0.29) is 6.61 Å². The fraction of sp³-hybridized carbons (Fsp3) is 0.417. The lowest BCUT2D eigenvalue weighted by molar-refractivity contribution is 0.283. The lowest BCUT2D eigenvalue weighted by Gasteiger charge is -2.01. The van der Waals surface area contributed by atoms with Crippen molar-refractivity contribution in [3.63, 3.8) is 0 Å². The summed E-state index contributed by atoms with van der Waals surface area (Å²) in [6.07, 6.45) is 0. The molecular weight excluding hydrogens is 188 g/mol. The molecule has 0 aliphatic carbocycles. The molecule has 1 heterocycles. The van der Waals surface area contributed by atoms with Crippen molar-refractivity contribution < 1.29 is 5.11 Å². The lowest BCUT2D eigenvalue weighted by Crippen LogP contribution is -1.95. The van der Waals surface area contributed by atoms with Crippen LogP contribution >= 0.6 is 0 Å². The Kier molecular flexibility index (Phi) is 2.49. The second-order valence-electron chi connectivity index (χ2n) is 4.13. The third-order valence-electron chi connectivity index (χ3n) is 2.69. The van der Waals surface area contributed by atoms with Gasteiger partial charge in [0.1, 0.15) is 0 Å². The Morgan fingerprint density at radius 2 is 2.13 bits per heavy atom. The Balaban J connectivity index is 2.79. The van der Waals surface area contributed by atoms with E-state index < -0.39 is 0 Å². The van der Waals surface area contributed by atoms with Gasteiger partial charge in [-0.1, -0.05) is 32.0 Å². The number of aryl methyl sites for hydroxylation is 1. The number of hydrogen-bond acceptors (Lipinski definition) is 2. The molecular formula is C12H16N2O. The van der Waals surface area contributed by atoms with Crippen LogP contribution in [0.2, 0.25) is 0 Å². The highest BCUT2D eigenvalue weighted by molar-refractivity contribution is 5.85. The fourth-order valence-electron chi connectivity index (χ4n) is 2.00. The van der Waals surface area contributed by atoms with Crippen LogP contribution in [0.4, 0.5) is 0 Å². The first kappa shape index (κ1) is 10.2. The molecule has 0 unspecified atom stereocenters. The van der Waals surface area contributed by atoms with Gasteiger partial charge in [0.15, 0.2) is 0 Å². The minimum Gasteiger partial charge on any atom is -0.392 e. The number of nitrogens with zero attached hydrogens (tertiary/aromatic N) is 2. The summed E-state index contributed by atoms with van der Waals surface area (Å²) in [5.41, 5.74) is 3.08. The van der Waals surface area contributed by atoms with Crippen LogP contribution in [0.3, 0.4) is 0 Å². The van der Waals surface area contributed by atoms with Crippen molar-refractivity contribution in [3.8, 4) is 0 Å². The zero-order valence-corrected chi connectivity index (χ0v) is 9.36. The number of hydrogen-bond donors (Lipinski definition) is 1. The van der Waals surface area contributed by atoms with E-state index in [1.807, 2.05) is 23.9 Å². The summed E-state index contributed by atoms with van der Waals surface area (Å²) >= 11 is 0. The number of benzene rings is 1. The zero-order valence-electron chi connectivity index (χ0n) is 9.36. The molecule has 2 aromatic rings. The van der Waals surface area contributed by atoms with Gasteiger partial charge in [-0.2, -0.15) is 5.10 Å². The summed E-state index contributed by atoms with van der Waals surface area (Å²) in [5.74, 6) is 0.405. The van der Waals surface area contributed by atoms with Crippen molar-refractivity contribution in [1.29, 1.82) is 0 Å². The van der Waals surface area contributed by atoms with E-state index in [9.17, 15) is 5.11 Å². The highest BCUT2D eigenvalue weighted by Gasteiger charge is 2.13. The molecule has 3 heteroatoms. The predicted octanol–water partition coefficient (Wildman–Crippen LogP) is 2.19. The summed E-state index contributed by atoms with van der Waals surface area (Å²) in [6, 6.07) is 5.98. The Hall–Kier alpha value is -1.35. The van der Waals surface area contributed by atoms with Gasteiger partial charge in [0.05, 0.1) is 17.8 Å². The monoisotopic (exact) mass is 204 g/mol. The van der Waals surface area contributed by atoms with E-state index in [2.05, 4.69) is 25.0 Å². The maximum atomic E-state index is 9.27. The molecule has 0 aliphatic heterocycles. The van der Waals surface area contributed by atoms with Crippen LogP contribution < -0.4 is 0 Å². The number of aliphatic hydroxyl groups is 1. The number of aromatic nitrogens is 2. The first-order valence-corrected chi connectivity index (χ1v) is 5.20. The highest BCUT2D eigenvalue weighted by Crippen LogP contribution is 2.26. The zero-order chi connectivity index (χ0) is 11.0. The maximum Gasteiger partial charge on any atom is 0.0737 e. The Bertz CT molecular complexity index is 486. The first-order valence-electron chi connectivity index (χ1n) is 5.20. The number of fused-ring (bicyclic) bond motifs is 1. The average molecular weight is 204 g/mol. The lowest BCUT2D eigenvalue weighted by atomic mass is 10.0. The second kappa shape index (κ2) is 3.66. The molecule has 0 bridgehead atoms. The quantitative estimate of drug-likeness (QED) is 0.814. The van der Waals surface area contributed by atoms with E-state index in [0.29, 0.717) is 5.92 Å². The summed E-state index contributed by atoms with van der Waals surface area (Å²) in [4.78, 5) is 0. The van der Waals surface area contributed by atoms with Crippen molar-refractivity contribution >= 4 is 10.9 Å². The Labute approximate surface area is 89.3 Å². The van der Waals surface area contributed by atoms with Crippen molar-refractivity contribution in [2.75, 3.05) is 0 Å². The van der Waals surface area contributed by atoms with Gasteiger partial charge < -0.3 is 5.11 Å². The summed E-state index contributed by atoms with van der Waals surface area (Å²) < 4.78 is 1.86. The minimum atomic E-state index is 0.0639. The molecule has 0 amide bonds. The molecule has 1 aromatic heterocycles. The van der Waals surface area contributed by atoms with Crippen LogP contribution in [0, 0.1) is 0 Å². The topological polar surface area (TPSA) is 38.0 Å². The number of aliphatic hydroxyl groups excluding tert-OH is 1. The number of rotatable bonds is 2. The molecule has 80 valence electrons. The fourth-order valence-corrected chi connectivity index (χ4v) is 2.00. The molecule has 0 radical (unpaired) electrons. The molecule has 2 rings (SSSR count). The van der Waals surface area contributed by atoms with Gasteiger partial charge >= 0.3 is 0 Å². The number of para-hydroxylation sites is 1. The highest BCUT2D eigenvalue weighted by atomic mass is 16.3. The molecule has 0 saturated carbocycles. The van der Waals surface area contributed by atoms with Crippen LogP contribution in [0.5, 0.6) is 0 Å². The van der Waals surface area contributed by atoms with E-state index >= 15 is 0 Å². The molecule has 1 aromatic carbocycles. The second-order valence-corrected chi connectivity index (χ2v) is 4.13. The van der Waals surface area contributed by atoms with E-state index in [4.69, 9.17) is 0 Å². The third-order valence-corrected chi connectivity index (χ3v) is 2.69. The standard InChI is InChI=1S/C12H16N2O/c1-8(2)11-10-6-4-5-9(7-15)12(10)14(3)13-11/h4-6,8,15H,7H2,1-3H3. The molecule has 0 atom stereocenters. The van der Waals surface area contributed by atoms with Crippen molar-refractivity contribution in [2.45, 2.75) is 26.4 Å². The van der Waals surface area contributed by atoms with E-state index in [1.54, 1.807) is 0 Å². The minimum absolute atomic E-state index is 0.0639. The van der Waals surface area contributed by atoms with Crippen molar-refractivity contribution in [3.05, 3.63) is 29.5 Å². The summed E-state index contributed by atoms with van der Waals surface area (Å²) in [6.45, 7) is 4.33. The maximum absolute atomic E-state index is 9.27. The molecule has 0 aliphatic rings. The molecule has 15 heavy (non-hydrogen) atoms. The molecule has 1 N–H and O–H groups in total. The molecule has 0 saturated heterocycles. The van der Waals surface area contributed by atoms with Gasteiger partial charge in [0.2, 0.25) is 0 Å². The normalized spacial score (nSPS) is 11.5. The van der Waals surface area contributed by atoms with Crippen molar-refractivity contribution in [2.24, 2.45) is 7.05 Å². The Morgan fingerprint density at radius 3 is 2.73 bits per heavy atom. The van der Waals surface area contributed by atoms with Gasteiger partial charge in [-0.3, -0.25) is 4.68 Å². The smallest absolute Gasteiger partial charge is 0.0737 e.